The average Bonchev–Trinajstić information content (AvgIpc) is 2.44. The smallest absolute Gasteiger partial charge is 0.0269 e. The summed E-state index contributed by atoms with van der Waals surface area (Å²) in [6.45, 7) is 11.5. The third kappa shape index (κ3) is 14.0. The highest BCUT2D eigenvalue weighted by Gasteiger charge is 2.02. The molecule has 126 valence electrons. The molecule has 0 radical (unpaired) electrons. The van der Waals surface area contributed by atoms with Gasteiger partial charge >= 0.3 is 0 Å². The molecule has 0 aliphatic heterocycles. The van der Waals surface area contributed by atoms with Gasteiger partial charge in [-0.2, -0.15) is 0 Å². The van der Waals surface area contributed by atoms with Gasteiger partial charge in [0.25, 0.3) is 0 Å². The number of terminal acetylenes is 1. The van der Waals surface area contributed by atoms with Crippen molar-refractivity contribution in [2.24, 2.45) is 11.8 Å². The Morgan fingerprint density at radius 2 is 1.50 bits per heavy atom. The van der Waals surface area contributed by atoms with Gasteiger partial charge in [0, 0.05) is 6.42 Å². The van der Waals surface area contributed by atoms with Crippen LogP contribution in [0, 0.1) is 24.2 Å². The first kappa shape index (κ1) is 21.0. The average molecular weight is 303 g/mol. The summed E-state index contributed by atoms with van der Waals surface area (Å²) < 4.78 is 0. The zero-order valence-corrected chi connectivity index (χ0v) is 15.8. The van der Waals surface area contributed by atoms with Crippen LogP contribution in [0.15, 0.2) is 23.3 Å². The van der Waals surface area contributed by atoms with Crippen molar-refractivity contribution in [2.45, 2.75) is 92.4 Å². The summed E-state index contributed by atoms with van der Waals surface area (Å²) in [6.07, 6.45) is 21.1. The van der Waals surface area contributed by atoms with Gasteiger partial charge in [-0.1, -0.05) is 56.9 Å². The SMILES string of the molecule is C#CC/C=C(\C)CCCC(C)CC/C=C(\C)CCCC(C)C. The summed E-state index contributed by atoms with van der Waals surface area (Å²) in [6, 6.07) is 0. The lowest BCUT2D eigenvalue weighted by atomic mass is 9.96. The molecule has 0 nitrogen and oxygen atoms in total. The van der Waals surface area contributed by atoms with E-state index in [0.29, 0.717) is 0 Å². The summed E-state index contributed by atoms with van der Waals surface area (Å²) in [5.41, 5.74) is 3.03. The van der Waals surface area contributed by atoms with Crippen LogP contribution < -0.4 is 0 Å². The molecule has 0 amide bonds. The van der Waals surface area contributed by atoms with Crippen LogP contribution in [0.1, 0.15) is 92.4 Å². The molecule has 0 heterocycles. The fraction of sp³-hybridized carbons (Fsp3) is 0.727. The maximum absolute atomic E-state index is 5.28. The van der Waals surface area contributed by atoms with Crippen molar-refractivity contribution in [2.75, 3.05) is 0 Å². The molecule has 22 heavy (non-hydrogen) atoms. The Balaban J connectivity index is 3.72. The molecule has 0 N–H and O–H groups in total. The molecule has 0 saturated heterocycles. The summed E-state index contributed by atoms with van der Waals surface area (Å²) >= 11 is 0. The van der Waals surface area contributed by atoms with Gasteiger partial charge < -0.3 is 0 Å². The van der Waals surface area contributed by atoms with Crippen molar-refractivity contribution < 1.29 is 0 Å². The Labute approximate surface area is 140 Å². The summed E-state index contributed by atoms with van der Waals surface area (Å²) in [7, 11) is 0. The number of allylic oxidation sites excluding steroid dienone is 4. The van der Waals surface area contributed by atoms with Gasteiger partial charge in [0.1, 0.15) is 0 Å². The monoisotopic (exact) mass is 302 g/mol. The van der Waals surface area contributed by atoms with Crippen LogP contribution >= 0.6 is 0 Å². The predicted molar refractivity (Wildman–Crippen MR) is 102 cm³/mol. The fourth-order valence-electron chi connectivity index (χ4n) is 2.71. The second-order valence-electron chi connectivity index (χ2n) is 7.37. The second-order valence-corrected chi connectivity index (χ2v) is 7.37. The van der Waals surface area contributed by atoms with Gasteiger partial charge in [0.2, 0.25) is 0 Å². The zero-order valence-electron chi connectivity index (χ0n) is 15.8. The fourth-order valence-corrected chi connectivity index (χ4v) is 2.71. The Morgan fingerprint density at radius 3 is 2.09 bits per heavy atom. The van der Waals surface area contributed by atoms with Gasteiger partial charge in [-0.25, -0.2) is 0 Å². The first-order valence-corrected chi connectivity index (χ1v) is 9.20. The normalized spacial score (nSPS) is 14.2. The van der Waals surface area contributed by atoms with Crippen molar-refractivity contribution in [1.29, 1.82) is 0 Å². The first-order chi connectivity index (χ1) is 10.5. The van der Waals surface area contributed by atoms with Gasteiger partial charge in [0.15, 0.2) is 0 Å². The maximum Gasteiger partial charge on any atom is 0.0269 e. The lowest BCUT2D eigenvalue weighted by Gasteiger charge is -2.10. The minimum Gasteiger partial charge on any atom is -0.120 e. The van der Waals surface area contributed by atoms with Crippen molar-refractivity contribution in [1.82, 2.24) is 0 Å². The molecule has 0 aliphatic rings. The van der Waals surface area contributed by atoms with E-state index in [2.05, 4.69) is 52.7 Å². The standard InChI is InChI=1S/C22H38/c1-7-8-13-20(4)15-10-17-22(6)18-11-16-21(5)14-9-12-19(2)3/h1,13,16,19,22H,8-12,14-15,17-18H2,2-6H3/b20-13+,21-16+. The van der Waals surface area contributed by atoms with Gasteiger partial charge in [-0.3, -0.25) is 0 Å². The van der Waals surface area contributed by atoms with E-state index in [-0.39, 0.29) is 0 Å². The summed E-state index contributed by atoms with van der Waals surface area (Å²) in [5.74, 6) is 4.35. The van der Waals surface area contributed by atoms with E-state index < -0.39 is 0 Å². The van der Waals surface area contributed by atoms with E-state index in [1.165, 1.54) is 56.9 Å². The topological polar surface area (TPSA) is 0 Å². The lowest BCUT2D eigenvalue weighted by molar-refractivity contribution is 0.477. The Morgan fingerprint density at radius 1 is 0.909 bits per heavy atom. The second kappa shape index (κ2) is 13.7. The molecule has 1 atom stereocenters. The third-order valence-electron chi connectivity index (χ3n) is 4.34. The first-order valence-electron chi connectivity index (χ1n) is 9.20. The zero-order chi connectivity index (χ0) is 16.8. The van der Waals surface area contributed by atoms with E-state index in [0.717, 1.165) is 18.3 Å². The minimum atomic E-state index is 0.780. The Hall–Kier alpha value is -0.960. The molecular formula is C22H38. The van der Waals surface area contributed by atoms with Crippen LogP contribution in [0.4, 0.5) is 0 Å². The molecule has 0 rings (SSSR count). The molecular weight excluding hydrogens is 264 g/mol. The van der Waals surface area contributed by atoms with Gasteiger partial charge in [-0.05, 0) is 64.2 Å². The molecule has 0 aromatic heterocycles. The van der Waals surface area contributed by atoms with E-state index in [4.69, 9.17) is 6.42 Å². The highest BCUT2D eigenvalue weighted by Crippen LogP contribution is 2.18. The molecule has 0 bridgehead atoms. The van der Waals surface area contributed by atoms with Crippen LogP contribution in [-0.4, -0.2) is 0 Å². The summed E-state index contributed by atoms with van der Waals surface area (Å²) in [4.78, 5) is 0. The highest BCUT2D eigenvalue weighted by molar-refractivity contribution is 5.04. The molecule has 0 aliphatic carbocycles. The molecule has 0 heteroatoms. The van der Waals surface area contributed by atoms with Crippen LogP contribution in [0.5, 0.6) is 0 Å². The van der Waals surface area contributed by atoms with Crippen molar-refractivity contribution >= 4 is 0 Å². The highest BCUT2D eigenvalue weighted by atomic mass is 14.1. The summed E-state index contributed by atoms with van der Waals surface area (Å²) in [5, 5.41) is 0. The Bertz CT molecular complexity index is 362. The molecule has 1 unspecified atom stereocenters. The Kier molecular flexibility index (Phi) is 13.1. The van der Waals surface area contributed by atoms with E-state index in [9.17, 15) is 0 Å². The largest absolute Gasteiger partial charge is 0.120 e. The van der Waals surface area contributed by atoms with Crippen LogP contribution in [0.2, 0.25) is 0 Å². The lowest BCUT2D eigenvalue weighted by Crippen LogP contribution is -1.95. The van der Waals surface area contributed by atoms with Crippen LogP contribution in [-0.2, 0) is 0 Å². The molecule has 0 aromatic rings. The third-order valence-corrected chi connectivity index (χ3v) is 4.34. The molecule has 0 fully saturated rings. The molecule has 0 aromatic carbocycles. The number of hydrogen-bond donors (Lipinski definition) is 0. The molecule has 0 spiro atoms. The molecule has 0 saturated carbocycles. The van der Waals surface area contributed by atoms with Crippen LogP contribution in [0.3, 0.4) is 0 Å². The van der Waals surface area contributed by atoms with Gasteiger partial charge in [0.05, 0.1) is 0 Å². The van der Waals surface area contributed by atoms with E-state index in [1.54, 1.807) is 5.57 Å². The van der Waals surface area contributed by atoms with Crippen molar-refractivity contribution in [3.05, 3.63) is 23.3 Å². The van der Waals surface area contributed by atoms with Crippen molar-refractivity contribution in [3.63, 3.8) is 0 Å². The predicted octanol–water partition coefficient (Wildman–Crippen LogP) is 7.32. The maximum atomic E-state index is 5.28. The van der Waals surface area contributed by atoms with Crippen molar-refractivity contribution in [3.8, 4) is 12.3 Å². The van der Waals surface area contributed by atoms with Crippen LogP contribution in [0.25, 0.3) is 0 Å². The van der Waals surface area contributed by atoms with Gasteiger partial charge in [-0.15, -0.1) is 12.3 Å². The minimum absolute atomic E-state index is 0.780. The van der Waals surface area contributed by atoms with E-state index >= 15 is 0 Å². The number of rotatable bonds is 12. The number of hydrogen-bond acceptors (Lipinski definition) is 0. The quantitative estimate of drug-likeness (QED) is 0.262. The van der Waals surface area contributed by atoms with E-state index in [1.807, 2.05) is 0 Å².